The highest BCUT2D eigenvalue weighted by Crippen LogP contribution is 2.39. The second-order valence-electron chi connectivity index (χ2n) is 6.59. The lowest BCUT2D eigenvalue weighted by atomic mass is 10.2. The van der Waals surface area contributed by atoms with Crippen LogP contribution in [0, 0.1) is 0 Å². The number of fused-ring (bicyclic) bond motifs is 1. The summed E-state index contributed by atoms with van der Waals surface area (Å²) in [5.74, 6) is 2.92. The van der Waals surface area contributed by atoms with Crippen LogP contribution >= 0.6 is 23.1 Å². The highest BCUT2D eigenvalue weighted by molar-refractivity contribution is 7.98. The lowest BCUT2D eigenvalue weighted by Crippen LogP contribution is -2.04. The van der Waals surface area contributed by atoms with Gasteiger partial charge in [0.05, 0.1) is 11.3 Å². The van der Waals surface area contributed by atoms with E-state index in [0.717, 1.165) is 34.1 Å². The molecule has 0 radical (unpaired) electrons. The molecule has 8 heteroatoms. The zero-order valence-electron chi connectivity index (χ0n) is 14.6. The Hall–Kier alpha value is -2.45. The molecule has 6 nitrogen and oxygen atoms in total. The predicted octanol–water partition coefficient (Wildman–Crippen LogP) is 4.08. The summed E-state index contributed by atoms with van der Waals surface area (Å²) in [7, 11) is 0. The van der Waals surface area contributed by atoms with Crippen LogP contribution in [0.25, 0.3) is 10.9 Å². The maximum absolute atomic E-state index is 6.10. The van der Waals surface area contributed by atoms with E-state index in [9.17, 15) is 0 Å². The molecule has 136 valence electrons. The van der Waals surface area contributed by atoms with E-state index in [0.29, 0.717) is 17.6 Å². The largest absolute Gasteiger partial charge is 0.383 e. The fraction of sp³-hybridized carbons (Fsp3) is 0.263. The molecule has 1 aromatic carbocycles. The number of benzene rings is 1. The van der Waals surface area contributed by atoms with E-state index in [2.05, 4.69) is 42.2 Å². The van der Waals surface area contributed by atoms with Gasteiger partial charge < -0.3 is 10.3 Å². The first-order valence-corrected chi connectivity index (χ1v) is 10.7. The predicted molar refractivity (Wildman–Crippen MR) is 109 cm³/mol. The average Bonchev–Trinajstić information content (AvgIpc) is 3.23. The molecule has 3 aromatic heterocycles. The highest BCUT2D eigenvalue weighted by atomic mass is 32.2. The highest BCUT2D eigenvalue weighted by Gasteiger charge is 2.29. The standard InChI is InChI=1S/C19H18N6S2/c20-18-14-5-1-2-6-15(14)21-16(22-18)11-27-19-24-23-17(25(19)12-7-8-12)10-13-4-3-9-26-13/h1-6,9,12H,7-8,10-11H2,(H2,20,21,22). The Morgan fingerprint density at radius 1 is 1.11 bits per heavy atom. The number of thiophene rings is 1. The third kappa shape index (κ3) is 3.42. The van der Waals surface area contributed by atoms with Crippen LogP contribution < -0.4 is 5.73 Å². The Bertz CT molecular complexity index is 1080. The number of hydrogen-bond acceptors (Lipinski definition) is 7. The van der Waals surface area contributed by atoms with Crippen LogP contribution in [0.5, 0.6) is 0 Å². The molecule has 4 aromatic rings. The SMILES string of the molecule is Nc1nc(CSc2nnc(Cc3cccs3)n2C2CC2)nc2ccccc12. The minimum atomic E-state index is 0.526. The average molecular weight is 395 g/mol. The molecule has 0 bridgehead atoms. The molecule has 3 heterocycles. The summed E-state index contributed by atoms with van der Waals surface area (Å²) >= 11 is 3.39. The van der Waals surface area contributed by atoms with Crippen LogP contribution in [0.4, 0.5) is 5.82 Å². The van der Waals surface area contributed by atoms with Gasteiger partial charge in [-0.2, -0.15) is 0 Å². The van der Waals surface area contributed by atoms with Crippen molar-refractivity contribution in [2.24, 2.45) is 0 Å². The van der Waals surface area contributed by atoms with Crippen LogP contribution in [0.15, 0.2) is 46.9 Å². The normalized spacial score (nSPS) is 14.1. The number of thioether (sulfide) groups is 1. The van der Waals surface area contributed by atoms with Gasteiger partial charge >= 0.3 is 0 Å². The molecular formula is C19H18N6S2. The van der Waals surface area contributed by atoms with E-state index < -0.39 is 0 Å². The molecule has 0 unspecified atom stereocenters. The van der Waals surface area contributed by atoms with Gasteiger partial charge in [0.25, 0.3) is 0 Å². The quantitative estimate of drug-likeness (QED) is 0.496. The molecule has 5 rings (SSSR count). The summed E-state index contributed by atoms with van der Waals surface area (Å²) in [4.78, 5) is 10.4. The molecule has 1 fully saturated rings. The third-order valence-electron chi connectivity index (χ3n) is 4.57. The van der Waals surface area contributed by atoms with E-state index in [1.807, 2.05) is 24.3 Å². The van der Waals surface area contributed by atoms with E-state index in [1.54, 1.807) is 23.1 Å². The third-order valence-corrected chi connectivity index (χ3v) is 6.38. The first kappa shape index (κ1) is 16.7. The van der Waals surface area contributed by atoms with Crippen LogP contribution in [0.1, 0.15) is 35.4 Å². The van der Waals surface area contributed by atoms with Gasteiger partial charge in [0.2, 0.25) is 0 Å². The van der Waals surface area contributed by atoms with Crippen molar-refractivity contribution in [3.63, 3.8) is 0 Å². The van der Waals surface area contributed by atoms with Gasteiger partial charge in [-0.15, -0.1) is 21.5 Å². The first-order chi connectivity index (χ1) is 13.3. The van der Waals surface area contributed by atoms with Crippen molar-refractivity contribution in [1.82, 2.24) is 24.7 Å². The van der Waals surface area contributed by atoms with Crippen molar-refractivity contribution >= 4 is 39.8 Å². The van der Waals surface area contributed by atoms with Crippen molar-refractivity contribution in [2.45, 2.75) is 36.2 Å². The molecule has 1 saturated carbocycles. The van der Waals surface area contributed by atoms with Crippen molar-refractivity contribution in [1.29, 1.82) is 0 Å². The van der Waals surface area contributed by atoms with Crippen molar-refractivity contribution in [3.8, 4) is 0 Å². The van der Waals surface area contributed by atoms with E-state index in [4.69, 9.17) is 5.73 Å². The molecular weight excluding hydrogens is 376 g/mol. The Balaban J connectivity index is 1.39. The molecule has 0 amide bonds. The Labute approximate surface area is 164 Å². The minimum absolute atomic E-state index is 0.526. The summed E-state index contributed by atoms with van der Waals surface area (Å²) in [5, 5.41) is 12.9. The second-order valence-corrected chi connectivity index (χ2v) is 8.56. The number of nitrogens with zero attached hydrogens (tertiary/aromatic N) is 5. The lowest BCUT2D eigenvalue weighted by molar-refractivity contribution is 0.635. The molecule has 0 saturated heterocycles. The van der Waals surface area contributed by atoms with Crippen LogP contribution in [0.2, 0.25) is 0 Å². The smallest absolute Gasteiger partial charge is 0.191 e. The summed E-state index contributed by atoms with van der Waals surface area (Å²) < 4.78 is 2.30. The Kier molecular flexibility index (Phi) is 4.29. The fourth-order valence-electron chi connectivity index (χ4n) is 3.14. The molecule has 1 aliphatic carbocycles. The molecule has 2 N–H and O–H groups in total. The molecule has 0 spiro atoms. The van der Waals surface area contributed by atoms with Crippen molar-refractivity contribution in [3.05, 3.63) is 58.3 Å². The number of nitrogen functional groups attached to an aromatic ring is 1. The maximum Gasteiger partial charge on any atom is 0.191 e. The number of para-hydroxylation sites is 1. The minimum Gasteiger partial charge on any atom is -0.383 e. The number of hydrogen-bond donors (Lipinski definition) is 1. The van der Waals surface area contributed by atoms with E-state index in [1.165, 1.54) is 17.7 Å². The molecule has 27 heavy (non-hydrogen) atoms. The van der Waals surface area contributed by atoms with Crippen molar-refractivity contribution in [2.75, 3.05) is 5.73 Å². The van der Waals surface area contributed by atoms with Crippen LogP contribution in [-0.2, 0) is 12.2 Å². The monoisotopic (exact) mass is 394 g/mol. The number of rotatable bonds is 6. The van der Waals surface area contributed by atoms with Gasteiger partial charge in [0.15, 0.2) is 5.16 Å². The van der Waals surface area contributed by atoms with Gasteiger partial charge in [-0.3, -0.25) is 0 Å². The van der Waals surface area contributed by atoms with Crippen LogP contribution in [0.3, 0.4) is 0 Å². The van der Waals surface area contributed by atoms with Gasteiger partial charge in [0, 0.05) is 22.7 Å². The zero-order valence-corrected chi connectivity index (χ0v) is 16.2. The van der Waals surface area contributed by atoms with E-state index in [-0.39, 0.29) is 0 Å². The van der Waals surface area contributed by atoms with Gasteiger partial charge in [0.1, 0.15) is 17.5 Å². The fourth-order valence-corrected chi connectivity index (χ4v) is 4.72. The summed E-state index contributed by atoms with van der Waals surface area (Å²) in [6.45, 7) is 0. The van der Waals surface area contributed by atoms with Gasteiger partial charge in [-0.05, 0) is 36.4 Å². The number of nitrogens with two attached hydrogens (primary N) is 1. The summed E-state index contributed by atoms with van der Waals surface area (Å²) in [5.41, 5.74) is 6.98. The number of anilines is 1. The first-order valence-electron chi connectivity index (χ1n) is 8.88. The number of aromatic nitrogens is 5. The lowest BCUT2D eigenvalue weighted by Gasteiger charge is -2.08. The molecule has 1 aliphatic rings. The van der Waals surface area contributed by atoms with Gasteiger partial charge in [-0.25, -0.2) is 9.97 Å². The Morgan fingerprint density at radius 2 is 2.00 bits per heavy atom. The Morgan fingerprint density at radius 3 is 2.81 bits per heavy atom. The molecule has 0 aliphatic heterocycles. The summed E-state index contributed by atoms with van der Waals surface area (Å²) in [6, 6.07) is 12.6. The van der Waals surface area contributed by atoms with Crippen LogP contribution in [-0.4, -0.2) is 24.7 Å². The second kappa shape index (κ2) is 6.94. The van der Waals surface area contributed by atoms with E-state index >= 15 is 0 Å². The topological polar surface area (TPSA) is 82.5 Å². The molecule has 0 atom stereocenters. The summed E-state index contributed by atoms with van der Waals surface area (Å²) in [6.07, 6.45) is 3.23. The zero-order chi connectivity index (χ0) is 18.2. The maximum atomic E-state index is 6.10. The van der Waals surface area contributed by atoms with Crippen molar-refractivity contribution < 1.29 is 0 Å². The van der Waals surface area contributed by atoms with Gasteiger partial charge in [-0.1, -0.05) is 30.0 Å².